The summed E-state index contributed by atoms with van der Waals surface area (Å²) in [7, 11) is 0. The van der Waals surface area contributed by atoms with Gasteiger partial charge < -0.3 is 22.5 Å². The van der Waals surface area contributed by atoms with Gasteiger partial charge in [0.15, 0.2) is 0 Å². The number of hydrogen-bond acceptors (Lipinski definition) is 8. The van der Waals surface area contributed by atoms with Crippen LogP contribution in [-0.2, 0) is 6.54 Å². The van der Waals surface area contributed by atoms with Crippen LogP contribution in [0.1, 0.15) is 25.6 Å². The molecule has 0 aliphatic rings. The van der Waals surface area contributed by atoms with E-state index in [4.69, 9.17) is 17.2 Å². The van der Waals surface area contributed by atoms with Crippen molar-refractivity contribution in [2.75, 3.05) is 16.8 Å². The summed E-state index contributed by atoms with van der Waals surface area (Å²) in [5, 5.41) is 11.3. The summed E-state index contributed by atoms with van der Waals surface area (Å²) >= 11 is 1.07. The standard InChI is InChI=1S/C24H20N8O2S/c1-28-10-14-16(17-18(25)20(22(27)33)35-24(17)31-21(14)26)11-4-2-5-12(8-11)23(34)30-15-7-3-6-13-9-29-32-19(13)15/h2-9H,1,10,25H2,(H2,26,31)(H2,27,33)(H,29,32)(H,30,34). The molecule has 35 heavy (non-hydrogen) atoms. The van der Waals surface area contributed by atoms with Crippen molar-refractivity contribution in [1.82, 2.24) is 15.2 Å². The molecule has 2 aromatic carbocycles. The van der Waals surface area contributed by atoms with Gasteiger partial charge in [-0.3, -0.25) is 19.7 Å². The van der Waals surface area contributed by atoms with E-state index in [1.165, 1.54) is 0 Å². The van der Waals surface area contributed by atoms with Gasteiger partial charge in [0.1, 0.15) is 15.5 Å². The Morgan fingerprint density at radius 1 is 1.17 bits per heavy atom. The molecule has 3 aromatic heterocycles. The van der Waals surface area contributed by atoms with Crippen molar-refractivity contribution in [2.24, 2.45) is 10.7 Å². The number of nitrogens with zero attached hydrogens (tertiary/aromatic N) is 3. The highest BCUT2D eigenvalue weighted by Crippen LogP contribution is 2.43. The van der Waals surface area contributed by atoms with E-state index in [0.29, 0.717) is 38.2 Å². The highest BCUT2D eigenvalue weighted by Gasteiger charge is 2.23. The number of nitrogen functional groups attached to an aromatic ring is 2. The van der Waals surface area contributed by atoms with Gasteiger partial charge in [0, 0.05) is 27.5 Å². The summed E-state index contributed by atoms with van der Waals surface area (Å²) in [5.41, 5.74) is 21.9. The van der Waals surface area contributed by atoms with Crippen LogP contribution < -0.4 is 22.5 Å². The Morgan fingerprint density at radius 2 is 1.97 bits per heavy atom. The zero-order valence-electron chi connectivity index (χ0n) is 18.3. The van der Waals surface area contributed by atoms with E-state index in [-0.39, 0.29) is 28.8 Å². The molecule has 0 aliphatic carbocycles. The molecule has 0 bridgehead atoms. The topological polar surface area (TPSA) is 178 Å². The summed E-state index contributed by atoms with van der Waals surface area (Å²) in [6.45, 7) is 3.74. The number of carbonyl (C=O) groups excluding carboxylic acids is 2. The van der Waals surface area contributed by atoms with Crippen molar-refractivity contribution in [3.63, 3.8) is 0 Å². The van der Waals surface area contributed by atoms with Gasteiger partial charge in [0.05, 0.1) is 29.6 Å². The number of aromatic nitrogens is 3. The molecule has 0 saturated heterocycles. The number of aromatic amines is 1. The van der Waals surface area contributed by atoms with E-state index in [2.05, 4.69) is 32.2 Å². The van der Waals surface area contributed by atoms with Crippen LogP contribution in [0.15, 0.2) is 53.7 Å². The number of pyridine rings is 1. The van der Waals surface area contributed by atoms with Gasteiger partial charge in [-0.15, -0.1) is 11.3 Å². The van der Waals surface area contributed by atoms with Crippen LogP contribution in [0.5, 0.6) is 0 Å². The van der Waals surface area contributed by atoms with Gasteiger partial charge >= 0.3 is 0 Å². The number of rotatable bonds is 6. The number of hydrogen-bond donors (Lipinski definition) is 5. The normalized spacial score (nSPS) is 11.1. The van der Waals surface area contributed by atoms with E-state index >= 15 is 0 Å². The number of para-hydroxylation sites is 1. The van der Waals surface area contributed by atoms with E-state index < -0.39 is 5.91 Å². The number of benzene rings is 2. The number of carbonyl (C=O) groups is 2. The Kier molecular flexibility index (Phi) is 5.38. The quantitative estimate of drug-likeness (QED) is 0.230. The van der Waals surface area contributed by atoms with E-state index in [9.17, 15) is 9.59 Å². The number of H-pyrrole nitrogens is 1. The van der Waals surface area contributed by atoms with Gasteiger partial charge in [-0.1, -0.05) is 24.3 Å². The summed E-state index contributed by atoms with van der Waals surface area (Å²) < 4.78 is 0. The zero-order chi connectivity index (χ0) is 24.7. The Morgan fingerprint density at radius 3 is 2.74 bits per heavy atom. The Balaban J connectivity index is 1.64. The minimum Gasteiger partial charge on any atom is -0.397 e. The van der Waals surface area contributed by atoms with Crippen LogP contribution in [0.4, 0.5) is 17.2 Å². The molecule has 5 aromatic rings. The third-order valence-corrected chi connectivity index (χ3v) is 6.76. The molecule has 5 rings (SSSR count). The van der Waals surface area contributed by atoms with Crippen molar-refractivity contribution >= 4 is 68.2 Å². The van der Waals surface area contributed by atoms with Gasteiger partial charge in [0.2, 0.25) is 0 Å². The van der Waals surface area contributed by atoms with Crippen molar-refractivity contribution in [2.45, 2.75) is 6.54 Å². The maximum atomic E-state index is 13.2. The summed E-state index contributed by atoms with van der Waals surface area (Å²) in [4.78, 5) is 34.2. The molecule has 0 saturated carbocycles. The second-order valence-electron chi connectivity index (χ2n) is 7.80. The molecule has 0 unspecified atom stereocenters. The monoisotopic (exact) mass is 484 g/mol. The lowest BCUT2D eigenvalue weighted by atomic mass is 9.95. The van der Waals surface area contributed by atoms with E-state index in [0.717, 1.165) is 22.2 Å². The minimum atomic E-state index is -0.653. The van der Waals surface area contributed by atoms with Crippen molar-refractivity contribution in [3.05, 3.63) is 64.7 Å². The number of fused-ring (bicyclic) bond motifs is 2. The van der Waals surface area contributed by atoms with Crippen molar-refractivity contribution in [1.29, 1.82) is 0 Å². The van der Waals surface area contributed by atoms with Crippen molar-refractivity contribution < 1.29 is 9.59 Å². The molecule has 0 atom stereocenters. The van der Waals surface area contributed by atoms with Crippen LogP contribution >= 0.6 is 11.3 Å². The first-order chi connectivity index (χ1) is 16.9. The average Bonchev–Trinajstić information content (AvgIpc) is 3.45. The number of aliphatic imine (C=N–C) groups is 1. The first-order valence-electron chi connectivity index (χ1n) is 10.5. The van der Waals surface area contributed by atoms with Crippen LogP contribution in [0.25, 0.3) is 32.2 Å². The molecule has 0 spiro atoms. The maximum Gasteiger partial charge on any atom is 0.260 e. The smallest absolute Gasteiger partial charge is 0.260 e. The minimum absolute atomic E-state index is 0.170. The number of primary amides is 1. The third kappa shape index (κ3) is 3.73. The fourth-order valence-electron chi connectivity index (χ4n) is 4.06. The second-order valence-corrected chi connectivity index (χ2v) is 8.80. The van der Waals surface area contributed by atoms with E-state index in [1.807, 2.05) is 18.2 Å². The molecular weight excluding hydrogens is 464 g/mol. The van der Waals surface area contributed by atoms with E-state index in [1.54, 1.807) is 30.5 Å². The van der Waals surface area contributed by atoms with Crippen LogP contribution in [0, 0.1) is 0 Å². The highest BCUT2D eigenvalue weighted by molar-refractivity contribution is 7.21. The lowest BCUT2D eigenvalue weighted by molar-refractivity contribution is 0.100. The fraction of sp³-hybridized carbons (Fsp3) is 0.0417. The third-order valence-electron chi connectivity index (χ3n) is 5.64. The number of anilines is 3. The van der Waals surface area contributed by atoms with Gasteiger partial charge in [-0.25, -0.2) is 4.98 Å². The van der Waals surface area contributed by atoms with Gasteiger partial charge in [0.25, 0.3) is 11.8 Å². The van der Waals surface area contributed by atoms with Crippen LogP contribution in [0.3, 0.4) is 0 Å². The second kappa shape index (κ2) is 8.54. The zero-order valence-corrected chi connectivity index (χ0v) is 19.1. The summed E-state index contributed by atoms with van der Waals surface area (Å²) in [6.07, 6.45) is 1.69. The maximum absolute atomic E-state index is 13.2. The largest absolute Gasteiger partial charge is 0.397 e. The predicted octanol–water partition coefficient (Wildman–Crippen LogP) is 3.56. The number of thiophene rings is 1. The molecule has 3 heterocycles. The van der Waals surface area contributed by atoms with Crippen molar-refractivity contribution in [3.8, 4) is 11.1 Å². The molecule has 0 aliphatic heterocycles. The van der Waals surface area contributed by atoms with Gasteiger partial charge in [-0.05, 0) is 30.5 Å². The van der Waals surface area contributed by atoms with Crippen LogP contribution in [0.2, 0.25) is 0 Å². The molecule has 0 radical (unpaired) electrons. The molecule has 8 N–H and O–H groups in total. The lowest BCUT2D eigenvalue weighted by Crippen LogP contribution is -2.12. The Bertz CT molecular complexity index is 1650. The average molecular weight is 485 g/mol. The number of nitrogens with one attached hydrogen (secondary N) is 2. The Hall–Kier alpha value is -4.77. The molecule has 0 fully saturated rings. The predicted molar refractivity (Wildman–Crippen MR) is 140 cm³/mol. The van der Waals surface area contributed by atoms with Gasteiger partial charge in [-0.2, -0.15) is 5.10 Å². The first-order valence-corrected chi connectivity index (χ1v) is 11.3. The Labute approximate surface area is 202 Å². The number of nitrogens with two attached hydrogens (primary N) is 3. The molecular formula is C24H20N8O2S. The molecule has 174 valence electrons. The fourth-order valence-corrected chi connectivity index (χ4v) is 5.03. The SMILES string of the molecule is C=NCc1c(N)nc2sc(C(N)=O)c(N)c2c1-c1cccc(C(=O)Nc2cccc3cn[nH]c23)c1. The highest BCUT2D eigenvalue weighted by atomic mass is 32.1. The summed E-state index contributed by atoms with van der Waals surface area (Å²) in [6, 6.07) is 12.5. The molecule has 2 amide bonds. The molecule has 10 nitrogen and oxygen atoms in total. The summed E-state index contributed by atoms with van der Waals surface area (Å²) in [5.74, 6) is -0.732. The number of amides is 2. The van der Waals surface area contributed by atoms with Crippen LogP contribution in [-0.4, -0.2) is 33.7 Å². The lowest BCUT2D eigenvalue weighted by Gasteiger charge is -2.14. The molecule has 11 heteroatoms. The first kappa shape index (κ1) is 22.0.